The Morgan fingerprint density at radius 1 is 0.897 bits per heavy atom. The summed E-state index contributed by atoms with van der Waals surface area (Å²) in [6.07, 6.45) is 8.16. The zero-order valence-corrected chi connectivity index (χ0v) is 23.0. The summed E-state index contributed by atoms with van der Waals surface area (Å²) in [6.45, 7) is 0. The zero-order valence-electron chi connectivity index (χ0n) is 21.4. The molecular formula is C25H32N8O4S2. The average molecular weight is 573 g/mol. The molecule has 0 bridgehead atoms. The maximum Gasteiger partial charge on any atom is 0.246 e. The number of piperazine rings is 2. The van der Waals surface area contributed by atoms with Gasteiger partial charge in [0, 0.05) is 24.3 Å². The summed E-state index contributed by atoms with van der Waals surface area (Å²) < 4.78 is 0. The van der Waals surface area contributed by atoms with Gasteiger partial charge in [0.15, 0.2) is 0 Å². The summed E-state index contributed by atoms with van der Waals surface area (Å²) in [7, 11) is 0. The first-order valence-corrected chi connectivity index (χ1v) is 15.1. The third kappa shape index (κ3) is 5.07. The number of carbonyl (C=O) groups excluding carboxylic acids is 4. The highest BCUT2D eigenvalue weighted by molar-refractivity contribution is 7.15. The number of nitrogens with two attached hydrogens (primary N) is 1. The third-order valence-corrected chi connectivity index (χ3v) is 10.2. The second-order valence-electron chi connectivity index (χ2n) is 11.0. The molecule has 12 nitrogen and oxygen atoms in total. The minimum atomic E-state index is -0.893. The van der Waals surface area contributed by atoms with Crippen LogP contribution in [0.25, 0.3) is 0 Å². The lowest BCUT2D eigenvalue weighted by Crippen LogP contribution is -2.70. The van der Waals surface area contributed by atoms with Gasteiger partial charge in [0.2, 0.25) is 23.6 Å². The van der Waals surface area contributed by atoms with E-state index in [4.69, 9.17) is 5.73 Å². The van der Waals surface area contributed by atoms with E-state index in [9.17, 15) is 19.2 Å². The first-order valence-electron chi connectivity index (χ1n) is 13.4. The van der Waals surface area contributed by atoms with E-state index in [2.05, 4.69) is 36.6 Å². The van der Waals surface area contributed by atoms with Crippen LogP contribution in [0.15, 0.2) is 11.6 Å². The number of aromatic nitrogens is 2. The van der Waals surface area contributed by atoms with Crippen molar-refractivity contribution in [2.45, 2.75) is 93.4 Å². The average Bonchev–Trinajstić information content (AvgIpc) is 3.65. The normalized spacial score (nSPS) is 30.1. The van der Waals surface area contributed by atoms with Crippen LogP contribution >= 0.6 is 22.7 Å². The van der Waals surface area contributed by atoms with Crippen LogP contribution in [0.4, 0.5) is 10.8 Å². The predicted molar refractivity (Wildman–Crippen MR) is 146 cm³/mol. The van der Waals surface area contributed by atoms with Crippen molar-refractivity contribution in [3.05, 3.63) is 21.6 Å². The van der Waals surface area contributed by atoms with Crippen molar-refractivity contribution >= 4 is 57.1 Å². The fourth-order valence-electron chi connectivity index (χ4n) is 6.15. The van der Waals surface area contributed by atoms with E-state index in [1.807, 2.05) is 0 Å². The molecule has 2 saturated carbocycles. The highest BCUT2D eigenvalue weighted by atomic mass is 32.1. The molecule has 4 fully saturated rings. The molecule has 2 aliphatic carbocycles. The molecule has 2 unspecified atom stereocenters. The van der Waals surface area contributed by atoms with Crippen LogP contribution < -0.4 is 32.3 Å². The summed E-state index contributed by atoms with van der Waals surface area (Å²) in [4.78, 5) is 59.9. The number of anilines is 2. The van der Waals surface area contributed by atoms with Crippen molar-refractivity contribution in [1.82, 2.24) is 31.2 Å². The number of rotatable bonds is 6. The molecule has 2 atom stereocenters. The van der Waals surface area contributed by atoms with Crippen molar-refractivity contribution in [1.29, 1.82) is 0 Å². The van der Waals surface area contributed by atoms with Crippen LogP contribution in [0.1, 0.15) is 61.4 Å². The van der Waals surface area contributed by atoms with Gasteiger partial charge in [-0.3, -0.25) is 19.2 Å². The second kappa shape index (κ2) is 10.0. The lowest BCUT2D eigenvalue weighted by Gasteiger charge is -2.44. The number of thiazole rings is 2. The van der Waals surface area contributed by atoms with Crippen molar-refractivity contribution in [2.75, 3.05) is 11.1 Å². The van der Waals surface area contributed by atoms with Gasteiger partial charge >= 0.3 is 0 Å². The van der Waals surface area contributed by atoms with E-state index in [1.165, 1.54) is 22.7 Å². The topological polar surface area (TPSA) is 180 Å². The van der Waals surface area contributed by atoms with Crippen LogP contribution in [-0.2, 0) is 32.0 Å². The SMILES string of the molecule is Nc1csc(CC2NC(=O)C3(CCC(Nc4cnc(CC5NC(=O)C6(CCCC6)NC5=O)s4)CC3)NC2=O)n1. The molecule has 2 saturated heterocycles. The van der Waals surface area contributed by atoms with Crippen LogP contribution in [0.2, 0.25) is 0 Å². The Hall–Kier alpha value is -3.26. The summed E-state index contributed by atoms with van der Waals surface area (Å²) >= 11 is 2.83. The predicted octanol–water partition coefficient (Wildman–Crippen LogP) is 0.602. The third-order valence-electron chi connectivity index (χ3n) is 8.36. The van der Waals surface area contributed by atoms with Gasteiger partial charge in [0.1, 0.15) is 34.0 Å². The highest BCUT2D eigenvalue weighted by Crippen LogP contribution is 2.35. The quantitative estimate of drug-likeness (QED) is 0.291. The molecule has 4 heterocycles. The first-order chi connectivity index (χ1) is 18.7. The summed E-state index contributed by atoms with van der Waals surface area (Å²) in [5, 5.41) is 19.4. The molecule has 14 heteroatoms. The number of amides is 4. The first kappa shape index (κ1) is 26.0. The Morgan fingerprint density at radius 3 is 2.08 bits per heavy atom. The summed E-state index contributed by atoms with van der Waals surface area (Å²) in [5.41, 5.74) is 4.05. The molecule has 7 N–H and O–H groups in total. The van der Waals surface area contributed by atoms with E-state index < -0.39 is 23.2 Å². The highest BCUT2D eigenvalue weighted by Gasteiger charge is 2.49. The molecule has 2 aliphatic heterocycles. The van der Waals surface area contributed by atoms with Crippen molar-refractivity contribution in [3.8, 4) is 0 Å². The number of carbonyl (C=O) groups is 4. The van der Waals surface area contributed by atoms with E-state index in [0.717, 1.165) is 22.9 Å². The molecule has 4 amide bonds. The van der Waals surface area contributed by atoms with Crippen molar-refractivity contribution in [3.63, 3.8) is 0 Å². The second-order valence-corrected chi connectivity index (χ2v) is 13.1. The standard InChI is InChI=1S/C25H32N8O4S2/c26-16-12-38-18(31-16)10-15-21(35)33-25(23(37)30-15)7-3-13(4-8-25)28-19-11-27-17(39-19)9-14-20(34)32-24(22(36)29-14)5-1-2-6-24/h11-15,28H,1-10,26H2,(H,29,36)(H,30,37)(H,32,34)(H,33,35). The summed E-state index contributed by atoms with van der Waals surface area (Å²) in [5.74, 6) is -0.170. The monoisotopic (exact) mass is 572 g/mol. The fraction of sp³-hybridized carbons (Fsp3) is 0.600. The minimum absolute atomic E-state index is 0.0892. The Labute approximate surface area is 233 Å². The minimum Gasteiger partial charge on any atom is -0.383 e. The molecule has 2 spiro atoms. The lowest BCUT2D eigenvalue weighted by molar-refractivity contribution is -0.143. The van der Waals surface area contributed by atoms with Gasteiger partial charge in [-0.05, 0) is 38.5 Å². The number of nitrogen functional groups attached to an aromatic ring is 1. The Morgan fingerprint density at radius 2 is 1.49 bits per heavy atom. The van der Waals surface area contributed by atoms with Crippen LogP contribution in [0.5, 0.6) is 0 Å². The molecule has 208 valence electrons. The van der Waals surface area contributed by atoms with Crippen molar-refractivity contribution < 1.29 is 19.2 Å². The van der Waals surface area contributed by atoms with Gasteiger partial charge in [0.25, 0.3) is 0 Å². The van der Waals surface area contributed by atoms with Gasteiger partial charge in [-0.15, -0.1) is 22.7 Å². The number of nitrogens with one attached hydrogen (secondary N) is 5. The largest absolute Gasteiger partial charge is 0.383 e. The van der Waals surface area contributed by atoms with E-state index in [0.29, 0.717) is 62.2 Å². The van der Waals surface area contributed by atoms with Gasteiger partial charge in [-0.25, -0.2) is 9.97 Å². The fourth-order valence-corrected chi connectivity index (χ4v) is 7.82. The molecule has 4 aliphatic rings. The molecule has 0 radical (unpaired) electrons. The van der Waals surface area contributed by atoms with Crippen LogP contribution in [0.3, 0.4) is 0 Å². The molecular weight excluding hydrogens is 540 g/mol. The van der Waals surface area contributed by atoms with Gasteiger partial charge in [-0.1, -0.05) is 12.8 Å². The molecule has 2 aromatic rings. The van der Waals surface area contributed by atoms with Crippen molar-refractivity contribution in [2.24, 2.45) is 0 Å². The van der Waals surface area contributed by atoms with Gasteiger partial charge < -0.3 is 32.3 Å². The maximum atomic E-state index is 13.1. The smallest absolute Gasteiger partial charge is 0.246 e. The molecule has 6 rings (SSSR count). The van der Waals surface area contributed by atoms with E-state index >= 15 is 0 Å². The summed E-state index contributed by atoms with van der Waals surface area (Å²) in [6, 6.07) is -1.15. The maximum absolute atomic E-state index is 13.1. The van der Waals surface area contributed by atoms with E-state index in [1.54, 1.807) is 11.6 Å². The van der Waals surface area contributed by atoms with Gasteiger partial charge in [0.05, 0.1) is 16.2 Å². The lowest BCUT2D eigenvalue weighted by atomic mass is 9.77. The number of hydrogen-bond acceptors (Lipinski definition) is 10. The zero-order chi connectivity index (χ0) is 27.2. The van der Waals surface area contributed by atoms with Crippen LogP contribution in [0, 0.1) is 0 Å². The molecule has 2 aromatic heterocycles. The number of hydrogen-bond donors (Lipinski definition) is 6. The number of nitrogens with zero attached hydrogens (tertiary/aromatic N) is 2. The Balaban J connectivity index is 1.00. The van der Waals surface area contributed by atoms with Crippen LogP contribution in [-0.4, -0.2) is 62.8 Å². The Kier molecular flexibility index (Phi) is 6.69. The van der Waals surface area contributed by atoms with E-state index in [-0.39, 0.29) is 29.7 Å². The van der Waals surface area contributed by atoms with Gasteiger partial charge in [-0.2, -0.15) is 0 Å². The Bertz CT molecular complexity index is 1290. The molecule has 39 heavy (non-hydrogen) atoms. The molecule has 0 aromatic carbocycles.